The molecule has 0 aliphatic rings. The standard InChI is InChI=1S/C6H14O2/c1-5(2)6(3)8-7-4/h5-6H,1-4H3. The lowest BCUT2D eigenvalue weighted by atomic mass is 10.1. The summed E-state index contributed by atoms with van der Waals surface area (Å²) >= 11 is 0. The maximum Gasteiger partial charge on any atom is 0.0924 e. The highest BCUT2D eigenvalue weighted by Crippen LogP contribution is 2.03. The van der Waals surface area contributed by atoms with Crippen molar-refractivity contribution in [2.24, 2.45) is 5.92 Å². The van der Waals surface area contributed by atoms with Crippen LogP contribution >= 0.6 is 0 Å². The van der Waals surface area contributed by atoms with Gasteiger partial charge in [-0.1, -0.05) is 13.8 Å². The Bertz CT molecular complexity index is 52.5. The molecule has 0 fully saturated rings. The van der Waals surface area contributed by atoms with Crippen LogP contribution in [0, 0.1) is 5.92 Å². The molecule has 1 atom stereocenters. The van der Waals surface area contributed by atoms with Crippen LogP contribution in [0.15, 0.2) is 0 Å². The van der Waals surface area contributed by atoms with Crippen molar-refractivity contribution in [2.45, 2.75) is 26.9 Å². The molecule has 0 radical (unpaired) electrons. The van der Waals surface area contributed by atoms with Gasteiger partial charge in [-0.2, -0.15) is 0 Å². The molecule has 0 aromatic rings. The molecule has 0 saturated heterocycles. The summed E-state index contributed by atoms with van der Waals surface area (Å²) in [5, 5.41) is 0. The van der Waals surface area contributed by atoms with Crippen molar-refractivity contribution in [3.63, 3.8) is 0 Å². The Balaban J connectivity index is 3.17. The second kappa shape index (κ2) is 3.87. The fraction of sp³-hybridized carbons (Fsp3) is 1.00. The monoisotopic (exact) mass is 118 g/mol. The van der Waals surface area contributed by atoms with Crippen molar-refractivity contribution < 1.29 is 9.78 Å². The second-order valence-corrected chi connectivity index (χ2v) is 2.21. The third kappa shape index (κ3) is 2.99. The van der Waals surface area contributed by atoms with Gasteiger partial charge in [-0.3, -0.25) is 0 Å². The minimum Gasteiger partial charge on any atom is -0.240 e. The average Bonchev–Trinajstić information content (AvgIpc) is 1.67. The van der Waals surface area contributed by atoms with E-state index in [-0.39, 0.29) is 6.10 Å². The van der Waals surface area contributed by atoms with Crippen LogP contribution in [0.3, 0.4) is 0 Å². The summed E-state index contributed by atoms with van der Waals surface area (Å²) in [5.74, 6) is 0.523. The third-order valence-electron chi connectivity index (χ3n) is 1.19. The van der Waals surface area contributed by atoms with E-state index in [2.05, 4.69) is 18.7 Å². The molecular formula is C6H14O2. The van der Waals surface area contributed by atoms with Crippen LogP contribution < -0.4 is 0 Å². The largest absolute Gasteiger partial charge is 0.240 e. The molecule has 50 valence electrons. The third-order valence-corrected chi connectivity index (χ3v) is 1.19. The van der Waals surface area contributed by atoms with Crippen LogP contribution in [0.5, 0.6) is 0 Å². The first kappa shape index (κ1) is 7.92. The predicted octanol–water partition coefficient (Wildman–Crippen LogP) is 1.61. The fourth-order valence-corrected chi connectivity index (χ4v) is 0.263. The minimum absolute atomic E-state index is 0.194. The van der Waals surface area contributed by atoms with Crippen molar-refractivity contribution in [3.8, 4) is 0 Å². The van der Waals surface area contributed by atoms with Crippen LogP contribution in [0.25, 0.3) is 0 Å². The fourth-order valence-electron chi connectivity index (χ4n) is 0.263. The molecule has 0 amide bonds. The molecule has 0 aromatic heterocycles. The first-order valence-electron chi connectivity index (χ1n) is 2.88. The number of rotatable bonds is 3. The van der Waals surface area contributed by atoms with Gasteiger partial charge in [0.05, 0.1) is 13.2 Å². The van der Waals surface area contributed by atoms with Crippen LogP contribution in [0.2, 0.25) is 0 Å². The molecule has 0 aliphatic carbocycles. The molecule has 0 saturated carbocycles. The van der Waals surface area contributed by atoms with E-state index in [1.165, 1.54) is 7.11 Å². The Hall–Kier alpha value is -0.0800. The van der Waals surface area contributed by atoms with Crippen LogP contribution in [0.1, 0.15) is 20.8 Å². The average molecular weight is 118 g/mol. The maximum absolute atomic E-state index is 4.80. The molecule has 0 bridgehead atoms. The first-order valence-corrected chi connectivity index (χ1v) is 2.88. The highest BCUT2D eigenvalue weighted by atomic mass is 17.2. The molecule has 0 N–H and O–H groups in total. The molecule has 1 unspecified atom stereocenters. The van der Waals surface area contributed by atoms with Gasteiger partial charge in [0.25, 0.3) is 0 Å². The van der Waals surface area contributed by atoms with Crippen molar-refractivity contribution in [2.75, 3.05) is 7.11 Å². The highest BCUT2D eigenvalue weighted by Gasteiger charge is 2.05. The zero-order valence-electron chi connectivity index (χ0n) is 5.97. The van der Waals surface area contributed by atoms with E-state index in [0.29, 0.717) is 5.92 Å². The summed E-state index contributed by atoms with van der Waals surface area (Å²) < 4.78 is 0. The Kier molecular flexibility index (Phi) is 3.83. The van der Waals surface area contributed by atoms with E-state index in [1.54, 1.807) is 0 Å². The molecule has 0 heterocycles. The Morgan fingerprint density at radius 1 is 1.12 bits per heavy atom. The van der Waals surface area contributed by atoms with Crippen molar-refractivity contribution in [3.05, 3.63) is 0 Å². The van der Waals surface area contributed by atoms with E-state index in [1.807, 2.05) is 6.92 Å². The van der Waals surface area contributed by atoms with Gasteiger partial charge in [-0.15, -0.1) is 0 Å². The zero-order chi connectivity index (χ0) is 6.57. The molecule has 0 spiro atoms. The molecule has 2 heteroatoms. The van der Waals surface area contributed by atoms with Crippen LogP contribution in [-0.4, -0.2) is 13.2 Å². The van der Waals surface area contributed by atoms with Crippen molar-refractivity contribution in [1.82, 2.24) is 0 Å². The van der Waals surface area contributed by atoms with E-state index in [9.17, 15) is 0 Å². The van der Waals surface area contributed by atoms with Gasteiger partial charge in [0, 0.05) is 0 Å². The summed E-state index contributed by atoms with van der Waals surface area (Å²) in [6, 6.07) is 0. The molecule has 0 rings (SSSR count). The van der Waals surface area contributed by atoms with Crippen LogP contribution in [-0.2, 0) is 9.78 Å². The van der Waals surface area contributed by atoms with Gasteiger partial charge in [0.2, 0.25) is 0 Å². The molecule has 8 heavy (non-hydrogen) atoms. The summed E-state index contributed by atoms with van der Waals surface area (Å²) in [5.41, 5.74) is 0. The molecule has 0 aromatic carbocycles. The Morgan fingerprint density at radius 3 is 1.75 bits per heavy atom. The van der Waals surface area contributed by atoms with E-state index in [0.717, 1.165) is 0 Å². The van der Waals surface area contributed by atoms with E-state index in [4.69, 9.17) is 4.89 Å². The van der Waals surface area contributed by atoms with Gasteiger partial charge in [-0.25, -0.2) is 9.78 Å². The highest BCUT2D eigenvalue weighted by molar-refractivity contribution is 4.50. The van der Waals surface area contributed by atoms with Crippen molar-refractivity contribution in [1.29, 1.82) is 0 Å². The van der Waals surface area contributed by atoms with Gasteiger partial charge >= 0.3 is 0 Å². The lowest BCUT2D eigenvalue weighted by molar-refractivity contribution is -0.308. The number of hydrogen-bond acceptors (Lipinski definition) is 2. The SMILES string of the molecule is COOC(C)C(C)C. The normalized spacial score (nSPS) is 14.6. The quantitative estimate of drug-likeness (QED) is 0.414. The van der Waals surface area contributed by atoms with Gasteiger partial charge in [-0.05, 0) is 12.8 Å². The molecule has 0 aliphatic heterocycles. The van der Waals surface area contributed by atoms with Gasteiger partial charge in [0.1, 0.15) is 0 Å². The van der Waals surface area contributed by atoms with Gasteiger partial charge in [0.15, 0.2) is 0 Å². The second-order valence-electron chi connectivity index (χ2n) is 2.21. The molecule has 2 nitrogen and oxygen atoms in total. The van der Waals surface area contributed by atoms with Gasteiger partial charge < -0.3 is 0 Å². The Labute approximate surface area is 50.7 Å². The summed E-state index contributed by atoms with van der Waals surface area (Å²) in [6.45, 7) is 6.15. The summed E-state index contributed by atoms with van der Waals surface area (Å²) in [6.07, 6.45) is 0.194. The van der Waals surface area contributed by atoms with Crippen LogP contribution in [0.4, 0.5) is 0 Å². The minimum atomic E-state index is 0.194. The Morgan fingerprint density at radius 2 is 1.62 bits per heavy atom. The zero-order valence-corrected chi connectivity index (χ0v) is 5.97. The summed E-state index contributed by atoms with van der Waals surface area (Å²) in [4.78, 5) is 9.27. The smallest absolute Gasteiger partial charge is 0.0924 e. The first-order chi connectivity index (χ1) is 3.68. The van der Waals surface area contributed by atoms with E-state index >= 15 is 0 Å². The topological polar surface area (TPSA) is 18.5 Å². The molecular weight excluding hydrogens is 104 g/mol. The lowest BCUT2D eigenvalue weighted by Crippen LogP contribution is -2.14. The predicted molar refractivity (Wildman–Crippen MR) is 32.4 cm³/mol. The summed E-state index contributed by atoms with van der Waals surface area (Å²) in [7, 11) is 1.53. The van der Waals surface area contributed by atoms with Crippen molar-refractivity contribution >= 4 is 0 Å². The van der Waals surface area contributed by atoms with E-state index < -0.39 is 0 Å². The lowest BCUT2D eigenvalue weighted by Gasteiger charge is -2.12. The maximum atomic E-state index is 4.80. The number of hydrogen-bond donors (Lipinski definition) is 0.